The minimum Gasteiger partial charge on any atom is -0.493 e. The molecule has 1 aliphatic rings. The Bertz CT molecular complexity index is 1450. The Balaban J connectivity index is 1.65. The molecule has 0 saturated carbocycles. The molecule has 37 heavy (non-hydrogen) atoms. The number of anilines is 1. The monoisotopic (exact) mass is 674 g/mol. The van der Waals surface area contributed by atoms with Gasteiger partial charge in [-0.15, -0.1) is 0 Å². The number of amides is 4. The van der Waals surface area contributed by atoms with E-state index in [0.29, 0.717) is 29.4 Å². The molecule has 3 aromatic carbocycles. The molecule has 1 aliphatic heterocycles. The van der Waals surface area contributed by atoms with Crippen LogP contribution in [0.15, 0.2) is 58.6 Å². The van der Waals surface area contributed by atoms with Crippen molar-refractivity contribution in [1.29, 1.82) is 0 Å². The smallest absolute Gasteiger partial charge is 0.335 e. The van der Waals surface area contributed by atoms with E-state index in [1.54, 1.807) is 30.3 Å². The molecule has 1 heterocycles. The fourth-order valence-corrected chi connectivity index (χ4v) is 5.13. The van der Waals surface area contributed by atoms with E-state index in [4.69, 9.17) is 9.47 Å². The van der Waals surface area contributed by atoms with Crippen molar-refractivity contribution >= 4 is 68.1 Å². The molecule has 0 atom stereocenters. The number of nitrogens with one attached hydrogen (secondary N) is 1. The molecule has 3 aromatic rings. The number of rotatable bonds is 6. The summed E-state index contributed by atoms with van der Waals surface area (Å²) in [6.45, 7) is 6.29. The molecule has 4 rings (SSSR count). The minimum atomic E-state index is -0.795. The molecule has 1 saturated heterocycles. The van der Waals surface area contributed by atoms with E-state index in [2.05, 4.69) is 62.0 Å². The molecule has 0 spiro atoms. The topological polar surface area (TPSA) is 84.9 Å². The van der Waals surface area contributed by atoms with Crippen molar-refractivity contribution in [1.82, 2.24) is 5.32 Å². The van der Waals surface area contributed by atoms with Crippen molar-refractivity contribution in [3.8, 4) is 11.5 Å². The first-order valence-corrected chi connectivity index (χ1v) is 13.2. The zero-order valence-electron chi connectivity index (χ0n) is 20.6. The summed E-state index contributed by atoms with van der Waals surface area (Å²) in [5.74, 6) is -0.446. The number of hydrogen-bond donors (Lipinski definition) is 1. The number of carbonyl (C=O) groups excluding carboxylic acids is 3. The van der Waals surface area contributed by atoms with Gasteiger partial charge < -0.3 is 9.47 Å². The Labute approximate surface area is 237 Å². The molecule has 0 aromatic heterocycles. The standard InChI is InChI=1S/C28H24BrIN2O5/c1-15-7-16(2)9-19(8-15)14-37-25-23(30)12-18(13-24(25)36-4)11-21-26(33)31-28(35)32(27(21)34)20-5-6-22(29)17(3)10-20/h5-13H,14H2,1-4H3,(H,31,33,35)/b21-11-. The van der Waals surface area contributed by atoms with E-state index >= 15 is 0 Å². The Morgan fingerprint density at radius 2 is 1.70 bits per heavy atom. The van der Waals surface area contributed by atoms with Crippen LogP contribution in [0.25, 0.3) is 6.08 Å². The highest BCUT2D eigenvalue weighted by molar-refractivity contribution is 14.1. The average molecular weight is 675 g/mol. The number of halogens is 2. The van der Waals surface area contributed by atoms with Gasteiger partial charge in [-0.05, 0) is 96.5 Å². The van der Waals surface area contributed by atoms with Gasteiger partial charge in [0.1, 0.15) is 12.2 Å². The van der Waals surface area contributed by atoms with Gasteiger partial charge in [0.2, 0.25) is 0 Å². The molecule has 4 amide bonds. The lowest BCUT2D eigenvalue weighted by atomic mass is 10.1. The fourth-order valence-electron chi connectivity index (χ4n) is 4.10. The third-order valence-electron chi connectivity index (χ3n) is 5.73. The Hall–Kier alpha value is -3.18. The number of methoxy groups -OCH3 is 1. The van der Waals surface area contributed by atoms with Crippen LogP contribution in [0.3, 0.4) is 0 Å². The van der Waals surface area contributed by atoms with Crippen molar-refractivity contribution in [2.75, 3.05) is 12.0 Å². The molecule has 0 unspecified atom stereocenters. The van der Waals surface area contributed by atoms with Crippen molar-refractivity contribution in [3.63, 3.8) is 0 Å². The van der Waals surface area contributed by atoms with Crippen LogP contribution >= 0.6 is 38.5 Å². The number of imide groups is 2. The lowest BCUT2D eigenvalue weighted by molar-refractivity contribution is -0.122. The number of aryl methyl sites for hydroxylation is 3. The lowest BCUT2D eigenvalue weighted by Crippen LogP contribution is -2.54. The summed E-state index contributed by atoms with van der Waals surface area (Å²) in [6.07, 6.45) is 1.45. The van der Waals surface area contributed by atoms with Crippen LogP contribution in [0.2, 0.25) is 0 Å². The van der Waals surface area contributed by atoms with Gasteiger partial charge in [0, 0.05) is 4.47 Å². The van der Waals surface area contributed by atoms with Crippen LogP contribution in [0.1, 0.15) is 27.8 Å². The SMILES string of the molecule is COc1cc(/C=C2/C(=O)NC(=O)N(c3ccc(Br)c(C)c3)C2=O)cc(I)c1OCc1cc(C)cc(C)c1. The van der Waals surface area contributed by atoms with E-state index in [-0.39, 0.29) is 5.57 Å². The first-order valence-electron chi connectivity index (χ1n) is 11.3. The van der Waals surface area contributed by atoms with E-state index in [0.717, 1.165) is 35.2 Å². The number of benzene rings is 3. The van der Waals surface area contributed by atoms with Crippen molar-refractivity contribution < 1.29 is 23.9 Å². The molecule has 9 heteroatoms. The summed E-state index contributed by atoms with van der Waals surface area (Å²) in [5.41, 5.74) is 4.95. The van der Waals surface area contributed by atoms with Gasteiger partial charge in [0.25, 0.3) is 11.8 Å². The van der Waals surface area contributed by atoms with E-state index in [9.17, 15) is 14.4 Å². The molecule has 1 N–H and O–H groups in total. The van der Waals surface area contributed by atoms with Gasteiger partial charge in [-0.2, -0.15) is 0 Å². The fraction of sp³-hybridized carbons (Fsp3) is 0.179. The largest absolute Gasteiger partial charge is 0.493 e. The Morgan fingerprint density at radius 3 is 2.35 bits per heavy atom. The molecule has 1 fully saturated rings. The quantitative estimate of drug-likeness (QED) is 0.190. The van der Waals surface area contributed by atoms with Crippen LogP contribution in [-0.2, 0) is 16.2 Å². The summed E-state index contributed by atoms with van der Waals surface area (Å²) >= 11 is 5.54. The maximum atomic E-state index is 13.3. The molecular formula is C28H24BrIN2O5. The maximum Gasteiger partial charge on any atom is 0.335 e. The van der Waals surface area contributed by atoms with Crippen LogP contribution < -0.4 is 19.7 Å². The first kappa shape index (κ1) is 26.9. The van der Waals surface area contributed by atoms with Crippen LogP contribution in [-0.4, -0.2) is 25.0 Å². The van der Waals surface area contributed by atoms with E-state index in [1.807, 2.05) is 20.8 Å². The maximum absolute atomic E-state index is 13.3. The highest BCUT2D eigenvalue weighted by atomic mass is 127. The summed E-state index contributed by atoms with van der Waals surface area (Å²) in [6, 6.07) is 14.0. The summed E-state index contributed by atoms with van der Waals surface area (Å²) in [5, 5.41) is 2.25. The van der Waals surface area contributed by atoms with Crippen LogP contribution in [0.4, 0.5) is 10.5 Å². The first-order chi connectivity index (χ1) is 17.6. The number of barbiturate groups is 1. The third-order valence-corrected chi connectivity index (χ3v) is 7.42. The van der Waals surface area contributed by atoms with Gasteiger partial charge >= 0.3 is 6.03 Å². The summed E-state index contributed by atoms with van der Waals surface area (Å²) in [7, 11) is 1.53. The van der Waals surface area contributed by atoms with E-state index < -0.39 is 17.8 Å². The number of carbonyl (C=O) groups is 3. The van der Waals surface area contributed by atoms with Gasteiger partial charge in [0.05, 0.1) is 16.4 Å². The molecule has 0 radical (unpaired) electrons. The number of hydrogen-bond acceptors (Lipinski definition) is 5. The molecule has 0 aliphatic carbocycles. The second kappa shape index (κ2) is 11.1. The van der Waals surface area contributed by atoms with Crippen molar-refractivity contribution in [2.45, 2.75) is 27.4 Å². The summed E-state index contributed by atoms with van der Waals surface area (Å²) in [4.78, 5) is 39.4. The zero-order valence-corrected chi connectivity index (χ0v) is 24.4. The van der Waals surface area contributed by atoms with Gasteiger partial charge in [0.15, 0.2) is 11.5 Å². The highest BCUT2D eigenvalue weighted by Gasteiger charge is 2.37. The van der Waals surface area contributed by atoms with E-state index in [1.165, 1.54) is 13.2 Å². The lowest BCUT2D eigenvalue weighted by Gasteiger charge is -2.26. The van der Waals surface area contributed by atoms with Gasteiger partial charge in [-0.3, -0.25) is 14.9 Å². The van der Waals surface area contributed by atoms with Gasteiger partial charge in [-0.1, -0.05) is 45.3 Å². The molecule has 0 bridgehead atoms. The number of ether oxygens (including phenoxy) is 2. The molecular weight excluding hydrogens is 651 g/mol. The third kappa shape index (κ3) is 5.88. The normalized spacial score (nSPS) is 14.7. The second-order valence-corrected chi connectivity index (χ2v) is 10.7. The highest BCUT2D eigenvalue weighted by Crippen LogP contribution is 2.36. The van der Waals surface area contributed by atoms with Crippen LogP contribution in [0.5, 0.6) is 11.5 Å². The van der Waals surface area contributed by atoms with Crippen LogP contribution in [0, 0.1) is 24.3 Å². The number of nitrogens with zero attached hydrogens (tertiary/aromatic N) is 1. The predicted molar refractivity (Wildman–Crippen MR) is 154 cm³/mol. The Kier molecular flexibility index (Phi) is 8.03. The zero-order chi connectivity index (χ0) is 26.9. The molecule has 7 nitrogen and oxygen atoms in total. The number of urea groups is 1. The molecule has 190 valence electrons. The minimum absolute atomic E-state index is 0.165. The summed E-state index contributed by atoms with van der Waals surface area (Å²) < 4.78 is 13.2. The van der Waals surface area contributed by atoms with Gasteiger partial charge in [-0.25, -0.2) is 9.69 Å². The average Bonchev–Trinajstić information content (AvgIpc) is 2.82. The Morgan fingerprint density at radius 1 is 1.00 bits per heavy atom. The predicted octanol–water partition coefficient (Wildman–Crippen LogP) is 6.23. The van der Waals surface area contributed by atoms with Crippen molar-refractivity contribution in [3.05, 3.63) is 90.0 Å². The second-order valence-electron chi connectivity index (χ2n) is 8.71. The van der Waals surface area contributed by atoms with Crippen molar-refractivity contribution in [2.24, 2.45) is 0 Å².